The van der Waals surface area contributed by atoms with Gasteiger partial charge in [0, 0.05) is 18.0 Å². The molecule has 0 radical (unpaired) electrons. The van der Waals surface area contributed by atoms with E-state index in [2.05, 4.69) is 5.32 Å². The molecular formula is C18H20FNO2. The molecule has 1 atom stereocenters. The summed E-state index contributed by atoms with van der Waals surface area (Å²) in [7, 11) is 1.59. The molecule has 0 aliphatic carbocycles. The molecule has 1 amide bonds. The van der Waals surface area contributed by atoms with Gasteiger partial charge in [-0.1, -0.05) is 19.1 Å². The van der Waals surface area contributed by atoms with Crippen molar-refractivity contribution in [3.8, 4) is 5.75 Å². The largest absolute Gasteiger partial charge is 0.497 e. The Morgan fingerprint density at radius 2 is 1.77 bits per heavy atom. The number of carbonyl (C=O) groups excluding carboxylic acids is 1. The Hall–Kier alpha value is -2.36. The molecule has 1 N–H and O–H groups in total. The van der Waals surface area contributed by atoms with Crippen molar-refractivity contribution in [2.75, 3.05) is 13.7 Å². The minimum Gasteiger partial charge on any atom is -0.497 e. The quantitative estimate of drug-likeness (QED) is 0.882. The van der Waals surface area contributed by atoms with Crippen LogP contribution in [0.5, 0.6) is 5.75 Å². The molecule has 0 fully saturated rings. The summed E-state index contributed by atoms with van der Waals surface area (Å²) in [6, 6.07) is 13.4. The van der Waals surface area contributed by atoms with Gasteiger partial charge in [-0.05, 0) is 48.4 Å². The second kappa shape index (κ2) is 7.59. The topological polar surface area (TPSA) is 38.3 Å². The van der Waals surface area contributed by atoms with E-state index in [1.807, 2.05) is 6.92 Å². The van der Waals surface area contributed by atoms with Gasteiger partial charge in [0.15, 0.2) is 0 Å². The number of amides is 1. The minimum absolute atomic E-state index is 0.122. The van der Waals surface area contributed by atoms with Crippen LogP contribution in [0.3, 0.4) is 0 Å². The van der Waals surface area contributed by atoms with Gasteiger partial charge in [-0.2, -0.15) is 0 Å². The van der Waals surface area contributed by atoms with Crippen LogP contribution in [0.25, 0.3) is 0 Å². The van der Waals surface area contributed by atoms with Crippen LogP contribution in [0.15, 0.2) is 48.5 Å². The van der Waals surface area contributed by atoms with E-state index in [0.29, 0.717) is 17.9 Å². The summed E-state index contributed by atoms with van der Waals surface area (Å²) in [6.07, 6.45) is 0.870. The first-order chi connectivity index (χ1) is 10.6. The third-order valence-corrected chi connectivity index (χ3v) is 3.70. The molecule has 0 aromatic heterocycles. The molecule has 0 spiro atoms. The Labute approximate surface area is 130 Å². The number of ether oxygens (including phenoxy) is 1. The third kappa shape index (κ3) is 4.07. The average Bonchev–Trinajstić information content (AvgIpc) is 2.56. The predicted molar refractivity (Wildman–Crippen MR) is 84.8 cm³/mol. The van der Waals surface area contributed by atoms with Crippen molar-refractivity contribution in [2.24, 2.45) is 0 Å². The molecule has 0 bridgehead atoms. The van der Waals surface area contributed by atoms with Gasteiger partial charge < -0.3 is 10.1 Å². The molecule has 2 rings (SSSR count). The van der Waals surface area contributed by atoms with E-state index in [1.54, 1.807) is 43.5 Å². The summed E-state index contributed by atoms with van der Waals surface area (Å²) in [6.45, 7) is 2.57. The average molecular weight is 301 g/mol. The molecular weight excluding hydrogens is 281 g/mol. The summed E-state index contributed by atoms with van der Waals surface area (Å²) in [4.78, 5) is 12.1. The molecule has 22 heavy (non-hydrogen) atoms. The highest BCUT2D eigenvalue weighted by Gasteiger charge is 2.12. The maximum atomic E-state index is 13.0. The van der Waals surface area contributed by atoms with Gasteiger partial charge in [-0.3, -0.25) is 4.79 Å². The molecule has 0 saturated heterocycles. The van der Waals surface area contributed by atoms with E-state index in [0.717, 1.165) is 12.0 Å². The SMILES string of the molecule is CCC(CNC(=O)c1ccc(OC)cc1)c1ccc(F)cc1. The van der Waals surface area contributed by atoms with Gasteiger partial charge in [-0.15, -0.1) is 0 Å². The predicted octanol–water partition coefficient (Wildman–Crippen LogP) is 3.76. The Balaban J connectivity index is 1.97. The van der Waals surface area contributed by atoms with E-state index in [1.165, 1.54) is 12.1 Å². The van der Waals surface area contributed by atoms with Crippen molar-refractivity contribution in [3.63, 3.8) is 0 Å². The number of hydrogen-bond acceptors (Lipinski definition) is 2. The summed E-state index contributed by atoms with van der Waals surface area (Å²) >= 11 is 0. The second-order valence-corrected chi connectivity index (χ2v) is 5.10. The fourth-order valence-electron chi connectivity index (χ4n) is 2.29. The number of methoxy groups -OCH3 is 1. The van der Waals surface area contributed by atoms with Gasteiger partial charge in [0.25, 0.3) is 5.91 Å². The molecule has 0 aliphatic rings. The Morgan fingerprint density at radius 3 is 2.32 bits per heavy atom. The normalized spacial score (nSPS) is 11.8. The van der Waals surface area contributed by atoms with E-state index in [9.17, 15) is 9.18 Å². The number of rotatable bonds is 6. The van der Waals surface area contributed by atoms with E-state index in [-0.39, 0.29) is 17.6 Å². The fourth-order valence-corrected chi connectivity index (χ4v) is 2.29. The summed E-state index contributed by atoms with van der Waals surface area (Å²) < 4.78 is 18.0. The van der Waals surface area contributed by atoms with Crippen LogP contribution in [-0.2, 0) is 0 Å². The lowest BCUT2D eigenvalue weighted by molar-refractivity contribution is 0.0951. The van der Waals surface area contributed by atoms with E-state index >= 15 is 0 Å². The summed E-state index contributed by atoms with van der Waals surface area (Å²) in [5.74, 6) is 0.515. The molecule has 116 valence electrons. The number of benzene rings is 2. The van der Waals surface area contributed by atoms with Crippen molar-refractivity contribution in [1.29, 1.82) is 0 Å². The monoisotopic (exact) mass is 301 g/mol. The van der Waals surface area contributed by atoms with Crippen molar-refractivity contribution in [2.45, 2.75) is 19.3 Å². The smallest absolute Gasteiger partial charge is 0.251 e. The minimum atomic E-state index is -0.249. The molecule has 0 heterocycles. The first-order valence-electron chi connectivity index (χ1n) is 7.31. The van der Waals surface area contributed by atoms with Crippen molar-refractivity contribution in [3.05, 3.63) is 65.5 Å². The lowest BCUT2D eigenvalue weighted by Gasteiger charge is -2.16. The molecule has 2 aromatic carbocycles. The zero-order valence-corrected chi connectivity index (χ0v) is 12.8. The highest BCUT2D eigenvalue weighted by atomic mass is 19.1. The first kappa shape index (κ1) is 16.0. The van der Waals surface area contributed by atoms with Crippen LogP contribution in [0.2, 0.25) is 0 Å². The van der Waals surface area contributed by atoms with Crippen LogP contribution in [0.4, 0.5) is 4.39 Å². The Morgan fingerprint density at radius 1 is 1.14 bits per heavy atom. The lowest BCUT2D eigenvalue weighted by atomic mass is 9.96. The first-order valence-corrected chi connectivity index (χ1v) is 7.31. The van der Waals surface area contributed by atoms with Crippen LogP contribution >= 0.6 is 0 Å². The second-order valence-electron chi connectivity index (χ2n) is 5.10. The van der Waals surface area contributed by atoms with Crippen LogP contribution < -0.4 is 10.1 Å². The van der Waals surface area contributed by atoms with Gasteiger partial charge >= 0.3 is 0 Å². The van der Waals surface area contributed by atoms with Gasteiger partial charge in [0.1, 0.15) is 11.6 Å². The zero-order valence-electron chi connectivity index (χ0n) is 12.8. The lowest BCUT2D eigenvalue weighted by Crippen LogP contribution is -2.28. The number of carbonyl (C=O) groups is 1. The third-order valence-electron chi connectivity index (χ3n) is 3.70. The molecule has 0 aliphatic heterocycles. The summed E-state index contributed by atoms with van der Waals surface area (Å²) in [5.41, 5.74) is 1.62. The Kier molecular flexibility index (Phi) is 5.53. The van der Waals surface area contributed by atoms with Crippen LogP contribution in [0, 0.1) is 5.82 Å². The molecule has 4 heteroatoms. The van der Waals surface area contributed by atoms with Crippen molar-refractivity contribution >= 4 is 5.91 Å². The van der Waals surface area contributed by atoms with Gasteiger partial charge in [0.2, 0.25) is 0 Å². The molecule has 1 unspecified atom stereocenters. The van der Waals surface area contributed by atoms with Gasteiger partial charge in [0.05, 0.1) is 7.11 Å². The maximum absolute atomic E-state index is 13.0. The fraction of sp³-hybridized carbons (Fsp3) is 0.278. The summed E-state index contributed by atoms with van der Waals surface area (Å²) in [5, 5.41) is 2.93. The molecule has 3 nitrogen and oxygen atoms in total. The number of halogens is 1. The van der Waals surface area contributed by atoms with Crippen LogP contribution in [0.1, 0.15) is 35.2 Å². The van der Waals surface area contributed by atoms with Crippen LogP contribution in [-0.4, -0.2) is 19.6 Å². The van der Waals surface area contributed by atoms with Gasteiger partial charge in [-0.25, -0.2) is 4.39 Å². The highest BCUT2D eigenvalue weighted by molar-refractivity contribution is 5.94. The number of hydrogen-bond donors (Lipinski definition) is 1. The Bertz CT molecular complexity index is 608. The number of nitrogens with one attached hydrogen (secondary N) is 1. The standard InChI is InChI=1S/C18H20FNO2/c1-3-13(14-4-8-16(19)9-5-14)12-20-18(21)15-6-10-17(22-2)11-7-15/h4-11,13H,3,12H2,1-2H3,(H,20,21). The molecule has 2 aromatic rings. The van der Waals surface area contributed by atoms with E-state index < -0.39 is 0 Å². The highest BCUT2D eigenvalue weighted by Crippen LogP contribution is 2.19. The zero-order chi connectivity index (χ0) is 15.9. The maximum Gasteiger partial charge on any atom is 0.251 e. The van der Waals surface area contributed by atoms with Crippen molar-refractivity contribution in [1.82, 2.24) is 5.32 Å². The van der Waals surface area contributed by atoms with E-state index in [4.69, 9.17) is 4.74 Å². The molecule has 0 saturated carbocycles. The van der Waals surface area contributed by atoms with Crippen molar-refractivity contribution < 1.29 is 13.9 Å².